The maximum atomic E-state index is 9.73. The maximum absolute atomic E-state index is 9.73. The summed E-state index contributed by atoms with van der Waals surface area (Å²) in [6.07, 6.45) is 5.56. The molecule has 2 heterocycles. The molecule has 2 N–H and O–H groups in total. The van der Waals surface area contributed by atoms with E-state index in [9.17, 15) is 5.11 Å². The van der Waals surface area contributed by atoms with Crippen LogP contribution in [0.5, 0.6) is 5.88 Å². The molecule has 0 aliphatic carbocycles. The van der Waals surface area contributed by atoms with Gasteiger partial charge in [0.05, 0.1) is 5.69 Å². The van der Waals surface area contributed by atoms with E-state index in [0.29, 0.717) is 10.9 Å². The molecule has 2 aromatic rings. The Bertz CT molecular complexity index is 658. The highest BCUT2D eigenvalue weighted by Gasteiger charge is 2.13. The molecular weight excluding hydrogens is 246 g/mol. The molecule has 18 heavy (non-hydrogen) atoms. The van der Waals surface area contributed by atoms with Crippen molar-refractivity contribution in [2.75, 3.05) is 6.26 Å². The number of benzene rings is 1. The number of aromatic nitrogens is 2. The number of aromatic hydroxyl groups is 1. The van der Waals surface area contributed by atoms with Gasteiger partial charge in [0.1, 0.15) is 5.69 Å². The van der Waals surface area contributed by atoms with E-state index in [2.05, 4.69) is 15.0 Å². The van der Waals surface area contributed by atoms with E-state index in [-0.39, 0.29) is 5.88 Å². The average molecular weight is 257 g/mol. The number of rotatable bonds is 2. The highest BCUT2D eigenvalue weighted by Crippen LogP contribution is 2.33. The summed E-state index contributed by atoms with van der Waals surface area (Å²) in [6.45, 7) is 0. The summed E-state index contributed by atoms with van der Waals surface area (Å²) in [5, 5.41) is 10.4. The van der Waals surface area contributed by atoms with Crippen LogP contribution in [0.3, 0.4) is 0 Å². The maximum Gasteiger partial charge on any atom is 0.237 e. The Balaban J connectivity index is 2.03. The van der Waals surface area contributed by atoms with Crippen molar-refractivity contribution >= 4 is 35.3 Å². The quantitative estimate of drug-likeness (QED) is 0.813. The van der Waals surface area contributed by atoms with E-state index in [1.807, 2.05) is 36.6 Å². The third kappa shape index (κ3) is 1.82. The number of thioether (sulfide) groups is 1. The Morgan fingerprint density at radius 3 is 2.94 bits per heavy atom. The van der Waals surface area contributed by atoms with Gasteiger partial charge in [0.25, 0.3) is 0 Å². The van der Waals surface area contributed by atoms with Gasteiger partial charge in [0.15, 0.2) is 5.16 Å². The smallest absolute Gasteiger partial charge is 0.237 e. The number of aromatic amines is 1. The minimum Gasteiger partial charge on any atom is -0.492 e. The first-order valence-corrected chi connectivity index (χ1v) is 6.68. The molecule has 1 aliphatic heterocycles. The van der Waals surface area contributed by atoms with Crippen LogP contribution in [0.2, 0.25) is 0 Å². The van der Waals surface area contributed by atoms with Gasteiger partial charge < -0.3 is 10.1 Å². The Hall–Kier alpha value is -2.01. The van der Waals surface area contributed by atoms with Gasteiger partial charge in [0.2, 0.25) is 5.88 Å². The fourth-order valence-electron chi connectivity index (χ4n) is 1.86. The van der Waals surface area contributed by atoms with Gasteiger partial charge in [0, 0.05) is 17.4 Å². The van der Waals surface area contributed by atoms with Gasteiger partial charge in [-0.15, -0.1) is 0 Å². The van der Waals surface area contributed by atoms with Crippen molar-refractivity contribution in [1.82, 2.24) is 9.97 Å². The number of H-pyrrole nitrogens is 1. The molecule has 0 fully saturated rings. The van der Waals surface area contributed by atoms with E-state index < -0.39 is 0 Å². The summed E-state index contributed by atoms with van der Waals surface area (Å²) >= 11 is 1.46. The van der Waals surface area contributed by atoms with Gasteiger partial charge in [-0.25, -0.2) is 0 Å². The second-order valence-electron chi connectivity index (χ2n) is 3.86. The van der Waals surface area contributed by atoms with Crippen LogP contribution in [0.4, 0.5) is 5.69 Å². The van der Waals surface area contributed by atoms with Crippen LogP contribution < -0.4 is 0 Å². The lowest BCUT2D eigenvalue weighted by Crippen LogP contribution is -1.81. The van der Waals surface area contributed by atoms with Gasteiger partial charge >= 0.3 is 0 Å². The Kier molecular flexibility index (Phi) is 2.68. The monoisotopic (exact) mass is 257 g/mol. The zero-order valence-electron chi connectivity index (χ0n) is 9.71. The summed E-state index contributed by atoms with van der Waals surface area (Å²) in [7, 11) is 0. The molecule has 0 saturated carbocycles. The van der Waals surface area contributed by atoms with Gasteiger partial charge in [-0.3, -0.25) is 4.99 Å². The normalized spacial score (nSPS) is 15.3. The average Bonchev–Trinajstić information content (AvgIpc) is 2.95. The molecule has 0 saturated heterocycles. The molecule has 1 aliphatic rings. The van der Waals surface area contributed by atoms with Crippen LogP contribution in [0, 0.1) is 0 Å². The summed E-state index contributed by atoms with van der Waals surface area (Å²) < 4.78 is 0. The van der Waals surface area contributed by atoms with Gasteiger partial charge in [-0.05, 0) is 18.4 Å². The van der Waals surface area contributed by atoms with Crippen LogP contribution in [0.1, 0.15) is 11.3 Å². The van der Waals surface area contributed by atoms with E-state index in [0.717, 1.165) is 16.8 Å². The van der Waals surface area contributed by atoms with E-state index in [1.165, 1.54) is 11.8 Å². The van der Waals surface area contributed by atoms with Crippen LogP contribution in [-0.2, 0) is 0 Å². The molecule has 4 nitrogen and oxygen atoms in total. The largest absolute Gasteiger partial charge is 0.492 e. The molecule has 3 rings (SSSR count). The molecule has 0 spiro atoms. The fourth-order valence-corrected chi connectivity index (χ4v) is 2.25. The number of hydrogen-bond donors (Lipinski definition) is 2. The predicted octanol–water partition coefficient (Wildman–Crippen LogP) is 3.09. The zero-order valence-corrected chi connectivity index (χ0v) is 10.5. The molecule has 0 amide bonds. The van der Waals surface area contributed by atoms with Gasteiger partial charge in [-0.1, -0.05) is 30.0 Å². The molecule has 1 aromatic carbocycles. The molecule has 0 atom stereocenters. The lowest BCUT2D eigenvalue weighted by molar-refractivity contribution is 0.453. The molecule has 5 heteroatoms. The van der Waals surface area contributed by atoms with Crippen LogP contribution in [-0.4, -0.2) is 27.5 Å². The molecule has 90 valence electrons. The van der Waals surface area contributed by atoms with Crippen LogP contribution >= 0.6 is 11.8 Å². The number of fused-ring (bicyclic) bond motifs is 1. The van der Waals surface area contributed by atoms with E-state index in [4.69, 9.17) is 0 Å². The van der Waals surface area contributed by atoms with Crippen molar-refractivity contribution in [2.45, 2.75) is 5.16 Å². The Morgan fingerprint density at radius 2 is 2.17 bits per heavy atom. The minimum atomic E-state index is 0.0182. The second-order valence-corrected chi connectivity index (χ2v) is 4.65. The van der Waals surface area contributed by atoms with Crippen molar-refractivity contribution in [1.29, 1.82) is 0 Å². The van der Waals surface area contributed by atoms with E-state index in [1.54, 1.807) is 6.21 Å². The summed E-state index contributed by atoms with van der Waals surface area (Å²) in [5.41, 5.74) is 3.60. The molecular formula is C13H11N3OS. The number of aliphatic imine (C=N–C) groups is 1. The summed E-state index contributed by atoms with van der Waals surface area (Å²) in [6, 6.07) is 7.91. The third-order valence-electron chi connectivity index (χ3n) is 2.74. The van der Waals surface area contributed by atoms with Crippen molar-refractivity contribution in [2.24, 2.45) is 4.99 Å². The number of allylic oxidation sites excluding steroid dienone is 1. The van der Waals surface area contributed by atoms with Crippen LogP contribution in [0.15, 0.2) is 34.4 Å². The molecule has 1 aromatic heterocycles. The highest BCUT2D eigenvalue weighted by atomic mass is 32.2. The molecule has 0 bridgehead atoms. The van der Waals surface area contributed by atoms with Crippen molar-refractivity contribution in [3.63, 3.8) is 0 Å². The van der Waals surface area contributed by atoms with Gasteiger partial charge in [-0.2, -0.15) is 4.98 Å². The topological polar surface area (TPSA) is 61.3 Å². The second kappa shape index (κ2) is 4.34. The summed E-state index contributed by atoms with van der Waals surface area (Å²) in [4.78, 5) is 11.4. The summed E-state index contributed by atoms with van der Waals surface area (Å²) in [5.74, 6) is 0.0182. The first kappa shape index (κ1) is 11.1. The lowest BCUT2D eigenvalue weighted by Gasteiger charge is -1.97. The first-order valence-electron chi connectivity index (χ1n) is 5.46. The number of imidazole rings is 1. The highest BCUT2D eigenvalue weighted by molar-refractivity contribution is 7.98. The predicted molar refractivity (Wildman–Crippen MR) is 74.5 cm³/mol. The Labute approximate surface area is 108 Å². The fraction of sp³-hybridized carbons (Fsp3) is 0.0769. The SMILES string of the molecule is CSc1nc(O)c(/C=C2/C=Nc3ccccc32)[nH]1. The Morgan fingerprint density at radius 1 is 1.33 bits per heavy atom. The molecule has 0 radical (unpaired) electrons. The minimum absolute atomic E-state index is 0.0182. The number of nitrogens with zero attached hydrogens (tertiary/aromatic N) is 2. The van der Waals surface area contributed by atoms with E-state index >= 15 is 0 Å². The van der Waals surface area contributed by atoms with Crippen molar-refractivity contribution in [3.05, 3.63) is 35.5 Å². The standard InChI is InChI=1S/C13H11N3OS/c1-18-13-15-11(12(17)16-13)6-8-7-14-10-5-3-2-4-9(8)10/h2-7,17H,1H3,(H,15,16)/b8-6-. The zero-order chi connectivity index (χ0) is 12.5. The lowest BCUT2D eigenvalue weighted by atomic mass is 10.1. The number of nitrogens with one attached hydrogen (secondary N) is 1. The third-order valence-corrected chi connectivity index (χ3v) is 3.32. The van der Waals surface area contributed by atoms with Crippen molar-refractivity contribution < 1.29 is 5.11 Å². The molecule has 0 unspecified atom stereocenters. The number of hydrogen-bond acceptors (Lipinski definition) is 4. The first-order chi connectivity index (χ1) is 8.78. The number of para-hydroxylation sites is 1. The van der Waals surface area contributed by atoms with Crippen LogP contribution in [0.25, 0.3) is 11.6 Å². The van der Waals surface area contributed by atoms with Crippen molar-refractivity contribution in [3.8, 4) is 5.88 Å².